The van der Waals surface area contributed by atoms with Gasteiger partial charge in [-0.15, -0.1) is 0 Å². The van der Waals surface area contributed by atoms with Crippen molar-refractivity contribution in [3.05, 3.63) is 34.9 Å². The quantitative estimate of drug-likeness (QED) is 0.563. The highest BCUT2D eigenvalue weighted by Crippen LogP contribution is 2.19. The third-order valence-electron chi connectivity index (χ3n) is 1.43. The largest absolute Gasteiger partial charge is 0.478 e. The number of benzene rings is 1. The number of aliphatic carboxylic acids is 1. The van der Waals surface area contributed by atoms with E-state index in [2.05, 4.69) is 0 Å². The molecule has 0 aliphatic heterocycles. The Balaban J connectivity index is 3.00. The molecule has 0 fully saturated rings. The molecule has 0 saturated heterocycles. The van der Waals surface area contributed by atoms with Gasteiger partial charge in [-0.05, 0) is 29.8 Å². The molecule has 0 atom stereocenters. The van der Waals surface area contributed by atoms with E-state index in [4.69, 9.17) is 22.4 Å². The molecule has 0 unspecified atom stereocenters. The van der Waals surface area contributed by atoms with E-state index in [0.29, 0.717) is 16.3 Å². The van der Waals surface area contributed by atoms with Crippen LogP contribution in [0.25, 0.3) is 6.08 Å². The lowest BCUT2D eigenvalue weighted by Crippen LogP contribution is -1.88. The average Bonchev–Trinajstić information content (AvgIpc) is 2.06. The average molecular weight is 198 g/mol. The van der Waals surface area contributed by atoms with Gasteiger partial charge in [0, 0.05) is 16.8 Å². The number of carbonyl (C=O) groups is 1. The first-order valence-electron chi connectivity index (χ1n) is 3.55. The van der Waals surface area contributed by atoms with Gasteiger partial charge < -0.3 is 10.8 Å². The van der Waals surface area contributed by atoms with E-state index in [-0.39, 0.29) is 0 Å². The van der Waals surface area contributed by atoms with E-state index in [1.54, 1.807) is 18.2 Å². The summed E-state index contributed by atoms with van der Waals surface area (Å²) in [6.45, 7) is 0. The maximum absolute atomic E-state index is 10.2. The molecule has 3 nitrogen and oxygen atoms in total. The van der Waals surface area contributed by atoms with Crippen LogP contribution >= 0.6 is 11.6 Å². The number of anilines is 1. The summed E-state index contributed by atoms with van der Waals surface area (Å²) in [4.78, 5) is 10.2. The zero-order valence-corrected chi connectivity index (χ0v) is 7.45. The Morgan fingerprint density at radius 1 is 1.54 bits per heavy atom. The lowest BCUT2D eigenvalue weighted by Gasteiger charge is -1.98. The second-order valence-corrected chi connectivity index (χ2v) is 2.86. The highest BCUT2D eigenvalue weighted by Gasteiger charge is 1.97. The molecule has 0 saturated carbocycles. The molecule has 13 heavy (non-hydrogen) atoms. The van der Waals surface area contributed by atoms with Crippen molar-refractivity contribution in [2.75, 3.05) is 5.73 Å². The normalized spacial score (nSPS) is 10.5. The third-order valence-corrected chi connectivity index (χ3v) is 1.77. The van der Waals surface area contributed by atoms with Gasteiger partial charge >= 0.3 is 5.97 Å². The first-order valence-corrected chi connectivity index (χ1v) is 3.93. The Morgan fingerprint density at radius 2 is 2.23 bits per heavy atom. The molecule has 0 amide bonds. The third kappa shape index (κ3) is 2.80. The van der Waals surface area contributed by atoms with E-state index in [0.717, 1.165) is 6.08 Å². The number of hydrogen-bond acceptors (Lipinski definition) is 2. The highest BCUT2D eigenvalue weighted by molar-refractivity contribution is 6.32. The maximum Gasteiger partial charge on any atom is 0.328 e. The zero-order chi connectivity index (χ0) is 9.84. The van der Waals surface area contributed by atoms with Crippen LogP contribution in [0.1, 0.15) is 5.56 Å². The molecule has 0 aromatic heterocycles. The van der Waals surface area contributed by atoms with Crippen molar-refractivity contribution in [3.8, 4) is 0 Å². The predicted octanol–water partition coefficient (Wildman–Crippen LogP) is 2.02. The summed E-state index contributed by atoms with van der Waals surface area (Å²) in [5.74, 6) is -1.02. The molecule has 1 aromatic rings. The minimum absolute atomic E-state index is 0.478. The molecule has 0 heterocycles. The van der Waals surface area contributed by atoms with E-state index in [9.17, 15) is 4.79 Å². The number of halogens is 1. The summed E-state index contributed by atoms with van der Waals surface area (Å²) in [6.07, 6.45) is 2.42. The number of hydrogen-bond donors (Lipinski definition) is 2. The van der Waals surface area contributed by atoms with Gasteiger partial charge in [0.1, 0.15) is 0 Å². The molecular formula is C9H8ClNO2. The van der Waals surface area contributed by atoms with Gasteiger partial charge in [0.25, 0.3) is 0 Å². The summed E-state index contributed by atoms with van der Waals surface area (Å²) in [7, 11) is 0. The molecule has 68 valence electrons. The van der Waals surface area contributed by atoms with Crippen LogP contribution in [0.2, 0.25) is 5.02 Å². The molecule has 0 aliphatic carbocycles. The van der Waals surface area contributed by atoms with Gasteiger partial charge in [-0.25, -0.2) is 4.79 Å². The molecule has 0 bridgehead atoms. The fourth-order valence-electron chi connectivity index (χ4n) is 0.851. The molecule has 4 heteroatoms. The standard InChI is InChI=1S/C9H8ClNO2/c10-8-3-2-7(11)5-6(8)1-4-9(12)13/h1-5H,11H2,(H,12,13). The number of nitrogens with two attached hydrogens (primary N) is 1. The van der Waals surface area contributed by atoms with E-state index < -0.39 is 5.97 Å². The van der Waals surface area contributed by atoms with Crippen molar-refractivity contribution in [1.29, 1.82) is 0 Å². The predicted molar refractivity (Wildman–Crippen MR) is 52.5 cm³/mol. The highest BCUT2D eigenvalue weighted by atomic mass is 35.5. The Bertz CT molecular complexity index is 361. The van der Waals surface area contributed by atoms with Crippen molar-refractivity contribution in [2.45, 2.75) is 0 Å². The van der Waals surface area contributed by atoms with Crippen LogP contribution in [-0.2, 0) is 4.79 Å². The molecule has 1 rings (SSSR count). The second-order valence-electron chi connectivity index (χ2n) is 2.45. The Kier molecular flexibility index (Phi) is 2.93. The van der Waals surface area contributed by atoms with E-state index >= 15 is 0 Å². The SMILES string of the molecule is Nc1ccc(Cl)c(C=CC(=O)O)c1. The lowest BCUT2D eigenvalue weighted by atomic mass is 10.2. The Labute approximate surface area is 80.4 Å². The number of nitrogen functional groups attached to an aromatic ring is 1. The van der Waals surface area contributed by atoms with Crippen molar-refractivity contribution in [1.82, 2.24) is 0 Å². The van der Waals surface area contributed by atoms with Crippen molar-refractivity contribution >= 4 is 29.3 Å². The monoisotopic (exact) mass is 197 g/mol. The molecule has 0 radical (unpaired) electrons. The van der Waals surface area contributed by atoms with Crippen LogP contribution in [0.15, 0.2) is 24.3 Å². The topological polar surface area (TPSA) is 63.3 Å². The van der Waals surface area contributed by atoms with Gasteiger partial charge in [-0.1, -0.05) is 11.6 Å². The zero-order valence-electron chi connectivity index (χ0n) is 6.70. The van der Waals surface area contributed by atoms with Gasteiger partial charge in [0.15, 0.2) is 0 Å². The maximum atomic E-state index is 10.2. The van der Waals surface area contributed by atoms with Crippen LogP contribution < -0.4 is 5.73 Å². The van der Waals surface area contributed by atoms with Gasteiger partial charge in [-0.3, -0.25) is 0 Å². The molecule has 1 aromatic carbocycles. The molecule has 3 N–H and O–H groups in total. The van der Waals surface area contributed by atoms with E-state index in [1.165, 1.54) is 6.08 Å². The summed E-state index contributed by atoms with van der Waals surface area (Å²) < 4.78 is 0. The lowest BCUT2D eigenvalue weighted by molar-refractivity contribution is -0.131. The number of carboxylic acids is 1. The molecule has 0 aliphatic rings. The fraction of sp³-hybridized carbons (Fsp3) is 0. The molecular weight excluding hydrogens is 190 g/mol. The van der Waals surface area contributed by atoms with Gasteiger partial charge in [0.05, 0.1) is 0 Å². The molecule has 0 spiro atoms. The van der Waals surface area contributed by atoms with Crippen LogP contribution in [0.5, 0.6) is 0 Å². The smallest absolute Gasteiger partial charge is 0.328 e. The minimum atomic E-state index is -1.02. The van der Waals surface area contributed by atoms with Crippen LogP contribution in [0.4, 0.5) is 5.69 Å². The second kappa shape index (κ2) is 3.96. The minimum Gasteiger partial charge on any atom is -0.478 e. The van der Waals surface area contributed by atoms with Gasteiger partial charge in [-0.2, -0.15) is 0 Å². The summed E-state index contributed by atoms with van der Waals surface area (Å²) >= 11 is 5.78. The van der Waals surface area contributed by atoms with E-state index in [1.807, 2.05) is 0 Å². The first kappa shape index (κ1) is 9.61. The fourth-order valence-corrected chi connectivity index (χ4v) is 1.03. The van der Waals surface area contributed by atoms with Crippen LogP contribution in [0, 0.1) is 0 Å². The summed E-state index contributed by atoms with van der Waals surface area (Å²) in [5.41, 5.74) is 6.65. The number of carboxylic acid groups (broad SMARTS) is 1. The van der Waals surface area contributed by atoms with Crippen molar-refractivity contribution in [3.63, 3.8) is 0 Å². The summed E-state index contributed by atoms with van der Waals surface area (Å²) in [6, 6.07) is 4.89. The van der Waals surface area contributed by atoms with Crippen molar-refractivity contribution in [2.24, 2.45) is 0 Å². The van der Waals surface area contributed by atoms with Crippen LogP contribution in [-0.4, -0.2) is 11.1 Å². The van der Waals surface area contributed by atoms with Crippen molar-refractivity contribution < 1.29 is 9.90 Å². The summed E-state index contributed by atoms with van der Waals surface area (Å²) in [5, 5.41) is 8.85. The number of rotatable bonds is 2. The van der Waals surface area contributed by atoms with Crippen LogP contribution in [0.3, 0.4) is 0 Å². The van der Waals surface area contributed by atoms with Gasteiger partial charge in [0.2, 0.25) is 0 Å². The Hall–Kier alpha value is -1.48. The first-order chi connectivity index (χ1) is 6.09. The Morgan fingerprint density at radius 3 is 2.85 bits per heavy atom.